The fourth-order valence-electron chi connectivity index (χ4n) is 2.06. The molecule has 0 aliphatic carbocycles. The molecular formula is C18H18BrNO3. The summed E-state index contributed by atoms with van der Waals surface area (Å²) in [5, 5.41) is 2.78. The first-order valence-electron chi connectivity index (χ1n) is 7.21. The number of benzene rings is 2. The van der Waals surface area contributed by atoms with Crippen LogP contribution in [-0.4, -0.2) is 18.0 Å². The highest BCUT2D eigenvalue weighted by atomic mass is 79.9. The van der Waals surface area contributed by atoms with E-state index in [-0.39, 0.29) is 5.91 Å². The van der Waals surface area contributed by atoms with Gasteiger partial charge in [0.1, 0.15) is 0 Å². The summed E-state index contributed by atoms with van der Waals surface area (Å²) in [5.74, 6) is -0.886. The molecule has 0 fully saturated rings. The van der Waals surface area contributed by atoms with Crippen LogP contribution in [0.25, 0.3) is 0 Å². The van der Waals surface area contributed by atoms with Crippen molar-refractivity contribution in [1.29, 1.82) is 0 Å². The Kier molecular flexibility index (Phi) is 5.55. The molecule has 0 saturated heterocycles. The molecule has 2 aromatic rings. The van der Waals surface area contributed by atoms with Gasteiger partial charge >= 0.3 is 5.97 Å². The molecule has 1 N–H and O–H groups in total. The van der Waals surface area contributed by atoms with E-state index >= 15 is 0 Å². The summed E-state index contributed by atoms with van der Waals surface area (Å²) in [5.41, 5.74) is 3.20. The first kappa shape index (κ1) is 17.2. The van der Waals surface area contributed by atoms with Crippen LogP contribution in [0.3, 0.4) is 0 Å². The summed E-state index contributed by atoms with van der Waals surface area (Å²) >= 11 is 3.30. The summed E-state index contributed by atoms with van der Waals surface area (Å²) in [6.07, 6.45) is -0.883. The molecule has 23 heavy (non-hydrogen) atoms. The number of ether oxygens (including phenoxy) is 1. The number of carbonyl (C=O) groups is 2. The van der Waals surface area contributed by atoms with Gasteiger partial charge in [-0.3, -0.25) is 4.79 Å². The molecule has 1 atom stereocenters. The standard InChI is InChI=1S/C18H18BrNO3/c1-11-4-9-16(12(2)10-11)20-17(21)13(3)23-18(22)14-5-7-15(19)8-6-14/h4-10,13H,1-3H3,(H,20,21)/t13-/m1/s1. The largest absolute Gasteiger partial charge is 0.449 e. The predicted octanol–water partition coefficient (Wildman–Crippen LogP) is 4.25. The third kappa shape index (κ3) is 4.66. The number of nitrogens with one attached hydrogen (secondary N) is 1. The Morgan fingerprint density at radius 1 is 1.09 bits per heavy atom. The van der Waals surface area contributed by atoms with Crippen LogP contribution in [0.2, 0.25) is 0 Å². The molecule has 0 spiro atoms. The predicted molar refractivity (Wildman–Crippen MR) is 93.6 cm³/mol. The van der Waals surface area contributed by atoms with Gasteiger partial charge in [0.15, 0.2) is 6.10 Å². The highest BCUT2D eigenvalue weighted by Crippen LogP contribution is 2.17. The third-order valence-corrected chi connectivity index (χ3v) is 3.90. The van der Waals surface area contributed by atoms with Gasteiger partial charge in [0, 0.05) is 10.2 Å². The molecule has 2 aromatic carbocycles. The molecule has 0 aliphatic heterocycles. The molecule has 5 heteroatoms. The van der Waals surface area contributed by atoms with Crippen LogP contribution < -0.4 is 5.32 Å². The van der Waals surface area contributed by atoms with Gasteiger partial charge in [-0.05, 0) is 56.7 Å². The average molecular weight is 376 g/mol. The second-order valence-electron chi connectivity index (χ2n) is 5.36. The molecule has 0 radical (unpaired) electrons. The molecule has 0 bridgehead atoms. The van der Waals surface area contributed by atoms with Crippen molar-refractivity contribution in [2.75, 3.05) is 5.32 Å². The van der Waals surface area contributed by atoms with E-state index in [1.807, 2.05) is 32.0 Å². The number of hydrogen-bond donors (Lipinski definition) is 1. The summed E-state index contributed by atoms with van der Waals surface area (Å²) in [6.45, 7) is 5.46. The van der Waals surface area contributed by atoms with Gasteiger partial charge in [0.05, 0.1) is 5.56 Å². The van der Waals surface area contributed by atoms with E-state index in [4.69, 9.17) is 4.74 Å². The van der Waals surface area contributed by atoms with Crippen molar-refractivity contribution in [3.63, 3.8) is 0 Å². The number of hydrogen-bond acceptors (Lipinski definition) is 3. The Labute approximate surface area is 144 Å². The van der Waals surface area contributed by atoms with E-state index in [1.54, 1.807) is 31.2 Å². The lowest BCUT2D eigenvalue weighted by molar-refractivity contribution is -0.123. The minimum atomic E-state index is -0.883. The molecule has 0 heterocycles. The molecule has 0 aromatic heterocycles. The summed E-state index contributed by atoms with van der Waals surface area (Å²) < 4.78 is 6.08. The molecule has 2 rings (SSSR count). The van der Waals surface area contributed by atoms with E-state index in [1.165, 1.54) is 0 Å². The zero-order valence-electron chi connectivity index (χ0n) is 13.2. The quantitative estimate of drug-likeness (QED) is 0.812. The number of aryl methyl sites for hydroxylation is 2. The number of rotatable bonds is 4. The van der Waals surface area contributed by atoms with Gasteiger partial charge in [0.25, 0.3) is 5.91 Å². The number of esters is 1. The van der Waals surface area contributed by atoms with E-state index in [2.05, 4.69) is 21.2 Å². The van der Waals surface area contributed by atoms with Crippen molar-refractivity contribution in [2.24, 2.45) is 0 Å². The van der Waals surface area contributed by atoms with E-state index in [0.29, 0.717) is 11.3 Å². The minimum absolute atomic E-state index is 0.359. The number of carbonyl (C=O) groups excluding carboxylic acids is 2. The van der Waals surface area contributed by atoms with Crippen molar-refractivity contribution in [3.8, 4) is 0 Å². The molecular weight excluding hydrogens is 358 g/mol. The average Bonchev–Trinajstić information content (AvgIpc) is 2.50. The van der Waals surface area contributed by atoms with Crippen LogP contribution in [0.4, 0.5) is 5.69 Å². The molecule has 4 nitrogen and oxygen atoms in total. The van der Waals surface area contributed by atoms with Gasteiger partial charge in [-0.25, -0.2) is 4.79 Å². The fourth-order valence-corrected chi connectivity index (χ4v) is 2.32. The van der Waals surface area contributed by atoms with Crippen LogP contribution in [0.5, 0.6) is 0 Å². The SMILES string of the molecule is Cc1ccc(NC(=O)[C@@H](C)OC(=O)c2ccc(Br)cc2)c(C)c1. The highest BCUT2D eigenvalue weighted by molar-refractivity contribution is 9.10. The zero-order chi connectivity index (χ0) is 17.0. The second kappa shape index (κ2) is 7.42. The molecule has 120 valence electrons. The molecule has 0 aliphatic rings. The van der Waals surface area contributed by atoms with Gasteiger partial charge in [0.2, 0.25) is 0 Å². The van der Waals surface area contributed by atoms with Gasteiger partial charge in [-0.2, -0.15) is 0 Å². The van der Waals surface area contributed by atoms with Gasteiger partial charge in [-0.15, -0.1) is 0 Å². The Morgan fingerprint density at radius 3 is 2.35 bits per heavy atom. The monoisotopic (exact) mass is 375 g/mol. The Hall–Kier alpha value is -2.14. The first-order valence-corrected chi connectivity index (χ1v) is 8.01. The lowest BCUT2D eigenvalue weighted by Crippen LogP contribution is -2.30. The molecule has 1 amide bonds. The second-order valence-corrected chi connectivity index (χ2v) is 6.28. The van der Waals surface area contributed by atoms with Crippen LogP contribution in [-0.2, 0) is 9.53 Å². The first-order chi connectivity index (χ1) is 10.9. The molecule has 0 unspecified atom stereocenters. The minimum Gasteiger partial charge on any atom is -0.449 e. The summed E-state index contributed by atoms with van der Waals surface area (Å²) in [6, 6.07) is 12.5. The van der Waals surface area contributed by atoms with Crippen LogP contribution in [0.1, 0.15) is 28.4 Å². The van der Waals surface area contributed by atoms with Crippen molar-refractivity contribution in [3.05, 3.63) is 63.6 Å². The Morgan fingerprint density at radius 2 is 1.74 bits per heavy atom. The number of amides is 1. The van der Waals surface area contributed by atoms with Crippen LogP contribution in [0, 0.1) is 13.8 Å². The maximum atomic E-state index is 12.2. The van der Waals surface area contributed by atoms with E-state index in [9.17, 15) is 9.59 Å². The Bertz CT molecular complexity index is 726. The van der Waals surface area contributed by atoms with E-state index in [0.717, 1.165) is 15.6 Å². The number of halogens is 1. The van der Waals surface area contributed by atoms with Gasteiger partial charge < -0.3 is 10.1 Å². The van der Waals surface area contributed by atoms with Crippen molar-refractivity contribution in [2.45, 2.75) is 26.9 Å². The van der Waals surface area contributed by atoms with Crippen molar-refractivity contribution < 1.29 is 14.3 Å². The van der Waals surface area contributed by atoms with Crippen molar-refractivity contribution in [1.82, 2.24) is 0 Å². The van der Waals surface area contributed by atoms with Crippen molar-refractivity contribution >= 4 is 33.5 Å². The summed E-state index contributed by atoms with van der Waals surface area (Å²) in [4.78, 5) is 24.2. The summed E-state index contributed by atoms with van der Waals surface area (Å²) in [7, 11) is 0. The van der Waals surface area contributed by atoms with E-state index < -0.39 is 12.1 Å². The fraction of sp³-hybridized carbons (Fsp3) is 0.222. The van der Waals surface area contributed by atoms with Crippen LogP contribution >= 0.6 is 15.9 Å². The lowest BCUT2D eigenvalue weighted by atomic mass is 10.1. The topological polar surface area (TPSA) is 55.4 Å². The third-order valence-electron chi connectivity index (χ3n) is 3.37. The smallest absolute Gasteiger partial charge is 0.338 e. The normalized spacial score (nSPS) is 11.7. The van der Waals surface area contributed by atoms with Gasteiger partial charge in [-0.1, -0.05) is 33.6 Å². The maximum Gasteiger partial charge on any atom is 0.338 e. The highest BCUT2D eigenvalue weighted by Gasteiger charge is 2.19. The lowest BCUT2D eigenvalue weighted by Gasteiger charge is -2.15. The van der Waals surface area contributed by atoms with Crippen LogP contribution in [0.15, 0.2) is 46.9 Å². The number of anilines is 1. The maximum absolute atomic E-state index is 12.2. The Balaban J connectivity index is 1.99. The molecule has 0 saturated carbocycles. The zero-order valence-corrected chi connectivity index (χ0v) is 14.8.